The van der Waals surface area contributed by atoms with Crippen LogP contribution in [0, 0.1) is 23.7 Å². The van der Waals surface area contributed by atoms with Crippen molar-refractivity contribution >= 4 is 11.8 Å². The smallest absolute Gasteiger partial charge is 0.0544 e. The molecule has 0 amide bonds. The van der Waals surface area contributed by atoms with E-state index in [1.54, 1.807) is 0 Å². The van der Waals surface area contributed by atoms with Crippen molar-refractivity contribution in [3.8, 4) is 0 Å². The number of rotatable bonds is 5. The fourth-order valence-corrected chi connectivity index (χ4v) is 6.35. The Morgan fingerprint density at radius 3 is 2.21 bits per heavy atom. The molecule has 1 heterocycles. The molecule has 4 atom stereocenters. The Morgan fingerprint density at radius 2 is 1.63 bits per heavy atom. The average molecular weight is 284 g/mol. The van der Waals surface area contributed by atoms with E-state index in [1.165, 1.54) is 51.4 Å². The first kappa shape index (κ1) is 15.7. The lowest BCUT2D eigenvalue weighted by molar-refractivity contribution is 0.154. The highest BCUT2D eigenvalue weighted by Gasteiger charge is 2.45. The zero-order valence-corrected chi connectivity index (χ0v) is 13.9. The lowest BCUT2D eigenvalue weighted by Crippen LogP contribution is -2.35. The maximum Gasteiger partial charge on any atom is 0.0544 e. The van der Waals surface area contributed by atoms with Gasteiger partial charge in [0, 0.05) is 5.25 Å². The molecule has 2 aliphatic rings. The van der Waals surface area contributed by atoms with Gasteiger partial charge in [0.05, 0.1) is 5.37 Å². The van der Waals surface area contributed by atoms with Crippen LogP contribution in [0.3, 0.4) is 0 Å². The molecule has 2 N–H and O–H groups in total. The van der Waals surface area contributed by atoms with Crippen LogP contribution in [-0.4, -0.2) is 10.6 Å². The van der Waals surface area contributed by atoms with Crippen molar-refractivity contribution in [2.75, 3.05) is 0 Å². The van der Waals surface area contributed by atoms with E-state index in [0.29, 0.717) is 5.37 Å². The van der Waals surface area contributed by atoms with Crippen molar-refractivity contribution in [2.45, 2.75) is 82.8 Å². The van der Waals surface area contributed by atoms with Crippen LogP contribution in [0.15, 0.2) is 0 Å². The summed E-state index contributed by atoms with van der Waals surface area (Å²) in [6, 6.07) is 0. The molecular weight excluding hydrogens is 250 g/mol. The van der Waals surface area contributed by atoms with Crippen molar-refractivity contribution in [2.24, 2.45) is 29.4 Å². The molecule has 1 aliphatic heterocycles. The van der Waals surface area contributed by atoms with Gasteiger partial charge in [0.25, 0.3) is 0 Å². The molecule has 1 aliphatic carbocycles. The second-order valence-electron chi connectivity index (χ2n) is 6.98. The summed E-state index contributed by atoms with van der Waals surface area (Å²) in [4.78, 5) is 0. The highest BCUT2D eigenvalue weighted by Crippen LogP contribution is 2.51. The van der Waals surface area contributed by atoms with E-state index in [0.717, 1.165) is 28.9 Å². The Balaban J connectivity index is 2.03. The van der Waals surface area contributed by atoms with Crippen molar-refractivity contribution < 1.29 is 0 Å². The van der Waals surface area contributed by atoms with Gasteiger partial charge in [0.15, 0.2) is 0 Å². The molecule has 19 heavy (non-hydrogen) atoms. The van der Waals surface area contributed by atoms with E-state index in [-0.39, 0.29) is 0 Å². The average Bonchev–Trinajstić information content (AvgIpc) is 2.68. The van der Waals surface area contributed by atoms with Crippen LogP contribution in [0.2, 0.25) is 0 Å². The van der Waals surface area contributed by atoms with E-state index in [1.807, 2.05) is 0 Å². The van der Waals surface area contributed by atoms with E-state index in [4.69, 9.17) is 5.73 Å². The largest absolute Gasteiger partial charge is 0.319 e. The minimum absolute atomic E-state index is 0.423. The summed E-state index contributed by atoms with van der Waals surface area (Å²) in [5, 5.41) is 1.27. The van der Waals surface area contributed by atoms with Crippen LogP contribution in [0.25, 0.3) is 0 Å². The summed E-state index contributed by atoms with van der Waals surface area (Å²) in [7, 11) is 0. The first-order chi connectivity index (χ1) is 9.17. The molecule has 1 saturated carbocycles. The highest BCUT2D eigenvalue weighted by atomic mass is 32.2. The van der Waals surface area contributed by atoms with Gasteiger partial charge in [-0.1, -0.05) is 46.5 Å². The van der Waals surface area contributed by atoms with Gasteiger partial charge in [-0.25, -0.2) is 0 Å². The van der Waals surface area contributed by atoms with Crippen molar-refractivity contribution in [1.82, 2.24) is 0 Å². The Morgan fingerprint density at radius 1 is 1.00 bits per heavy atom. The summed E-state index contributed by atoms with van der Waals surface area (Å²) in [5.41, 5.74) is 6.55. The van der Waals surface area contributed by atoms with Gasteiger partial charge in [-0.3, -0.25) is 0 Å². The van der Waals surface area contributed by atoms with Crippen molar-refractivity contribution in [3.05, 3.63) is 0 Å². The third-order valence-electron chi connectivity index (χ3n) is 5.48. The van der Waals surface area contributed by atoms with Gasteiger partial charge < -0.3 is 5.73 Å². The van der Waals surface area contributed by atoms with Crippen LogP contribution >= 0.6 is 11.8 Å². The topological polar surface area (TPSA) is 26.0 Å². The zero-order chi connectivity index (χ0) is 13.8. The molecule has 1 nitrogen and oxygen atoms in total. The molecule has 4 unspecified atom stereocenters. The Labute approximate surface area is 124 Å². The monoisotopic (exact) mass is 283 g/mol. The standard InChI is InChI=1S/C17H33NS/c1-4-6-14-15(7-5-2)19-17(18)16(14)13-10-8-12(3)9-11-13/h12-17H,4-11,18H2,1-3H3. The fourth-order valence-electron chi connectivity index (χ4n) is 4.45. The maximum absolute atomic E-state index is 6.55. The lowest BCUT2D eigenvalue weighted by atomic mass is 9.69. The molecule has 0 spiro atoms. The number of hydrogen-bond acceptors (Lipinski definition) is 2. The Bertz CT molecular complexity index is 260. The number of hydrogen-bond donors (Lipinski definition) is 1. The Hall–Kier alpha value is 0.310. The fraction of sp³-hybridized carbons (Fsp3) is 1.00. The summed E-state index contributed by atoms with van der Waals surface area (Å²) >= 11 is 2.12. The Kier molecular flexibility index (Phi) is 6.08. The summed E-state index contributed by atoms with van der Waals surface area (Å²) in [5.74, 6) is 3.60. The second-order valence-corrected chi connectivity index (χ2v) is 8.40. The van der Waals surface area contributed by atoms with Gasteiger partial charge in [0.1, 0.15) is 0 Å². The molecular formula is C17H33NS. The second kappa shape index (κ2) is 7.36. The highest BCUT2D eigenvalue weighted by molar-refractivity contribution is 8.00. The molecule has 0 aromatic rings. The quantitative estimate of drug-likeness (QED) is 0.764. The van der Waals surface area contributed by atoms with Gasteiger partial charge in [-0.05, 0) is 49.4 Å². The molecule has 0 bridgehead atoms. The van der Waals surface area contributed by atoms with Gasteiger partial charge in [0.2, 0.25) is 0 Å². The summed E-state index contributed by atoms with van der Waals surface area (Å²) < 4.78 is 0. The van der Waals surface area contributed by atoms with E-state index < -0.39 is 0 Å². The maximum atomic E-state index is 6.55. The van der Waals surface area contributed by atoms with E-state index in [2.05, 4.69) is 32.5 Å². The molecule has 0 aromatic heterocycles. The molecule has 2 rings (SSSR count). The van der Waals surface area contributed by atoms with Gasteiger partial charge in [-0.2, -0.15) is 0 Å². The molecule has 112 valence electrons. The summed E-state index contributed by atoms with van der Waals surface area (Å²) in [6.07, 6.45) is 11.2. The molecule has 1 saturated heterocycles. The first-order valence-electron chi connectivity index (χ1n) is 8.58. The molecule has 0 radical (unpaired) electrons. The van der Waals surface area contributed by atoms with Crippen molar-refractivity contribution in [3.63, 3.8) is 0 Å². The number of thioether (sulfide) groups is 1. The number of nitrogens with two attached hydrogens (primary N) is 1. The minimum Gasteiger partial charge on any atom is -0.319 e. The predicted molar refractivity (Wildman–Crippen MR) is 87.3 cm³/mol. The lowest BCUT2D eigenvalue weighted by Gasteiger charge is -2.36. The van der Waals surface area contributed by atoms with Gasteiger partial charge in [-0.15, -0.1) is 11.8 Å². The SMILES string of the molecule is CCCC1SC(N)C(C2CCC(C)CC2)C1CCC. The van der Waals surface area contributed by atoms with Crippen LogP contribution in [0.4, 0.5) is 0 Å². The summed E-state index contributed by atoms with van der Waals surface area (Å²) in [6.45, 7) is 7.09. The third kappa shape index (κ3) is 3.69. The van der Waals surface area contributed by atoms with Crippen LogP contribution in [0.1, 0.15) is 72.1 Å². The molecule has 2 fully saturated rings. The predicted octanol–water partition coefficient (Wildman–Crippen LogP) is 5.05. The van der Waals surface area contributed by atoms with Crippen LogP contribution < -0.4 is 5.73 Å². The van der Waals surface area contributed by atoms with Gasteiger partial charge >= 0.3 is 0 Å². The third-order valence-corrected chi connectivity index (χ3v) is 7.05. The zero-order valence-electron chi connectivity index (χ0n) is 13.1. The van der Waals surface area contributed by atoms with Crippen LogP contribution in [0.5, 0.6) is 0 Å². The van der Waals surface area contributed by atoms with Crippen LogP contribution in [-0.2, 0) is 0 Å². The van der Waals surface area contributed by atoms with E-state index in [9.17, 15) is 0 Å². The molecule has 2 heteroatoms. The minimum atomic E-state index is 0.423. The molecule has 0 aromatic carbocycles. The first-order valence-corrected chi connectivity index (χ1v) is 9.52. The normalized spacial score (nSPS) is 43.6. The van der Waals surface area contributed by atoms with Crippen molar-refractivity contribution in [1.29, 1.82) is 0 Å². The van der Waals surface area contributed by atoms with E-state index >= 15 is 0 Å².